The molecule has 2 heteroatoms. The van der Waals surface area contributed by atoms with Gasteiger partial charge in [-0.2, -0.15) is 0 Å². The number of para-hydroxylation sites is 1. The molecule has 47 heavy (non-hydrogen) atoms. The molecule has 0 amide bonds. The van der Waals surface area contributed by atoms with Gasteiger partial charge >= 0.3 is 0 Å². The zero-order valence-electron chi connectivity index (χ0n) is 25.5. The molecule has 1 atom stereocenters. The molecule has 0 radical (unpaired) electrons. The lowest BCUT2D eigenvalue weighted by molar-refractivity contribution is 0.669. The lowest BCUT2D eigenvalue weighted by Gasteiger charge is -2.19. The first kappa shape index (κ1) is 26.1. The maximum atomic E-state index is 6.59. The van der Waals surface area contributed by atoms with Gasteiger partial charge in [-0.15, -0.1) is 0 Å². The lowest BCUT2D eigenvalue weighted by Crippen LogP contribution is -2.03. The number of rotatable bonds is 4. The molecular weight excluding hydrogens is 572 g/mol. The van der Waals surface area contributed by atoms with Gasteiger partial charge in [0.2, 0.25) is 0 Å². The van der Waals surface area contributed by atoms with Crippen LogP contribution in [0.4, 0.5) is 0 Å². The summed E-state index contributed by atoms with van der Waals surface area (Å²) < 4.78 is 12.8. The molecule has 10 aromatic rings. The SMILES string of the molecule is c1ccc(C(c2ccc(-c3ccc4ccc5oc6ccccc6c5c4c3)cc2)c2ccc3c(c2)oc2c4ccccc4ccc32)cc1. The highest BCUT2D eigenvalue weighted by molar-refractivity contribution is 6.19. The average molecular weight is 601 g/mol. The molecule has 0 spiro atoms. The van der Waals surface area contributed by atoms with Crippen molar-refractivity contribution in [3.63, 3.8) is 0 Å². The summed E-state index contributed by atoms with van der Waals surface area (Å²) in [5, 5.41) is 9.39. The first-order chi connectivity index (χ1) is 23.3. The molecule has 2 heterocycles. The second-order valence-electron chi connectivity index (χ2n) is 12.5. The number of hydrogen-bond acceptors (Lipinski definition) is 2. The van der Waals surface area contributed by atoms with Crippen LogP contribution in [0.15, 0.2) is 173 Å². The van der Waals surface area contributed by atoms with E-state index in [-0.39, 0.29) is 5.92 Å². The maximum Gasteiger partial charge on any atom is 0.143 e. The van der Waals surface area contributed by atoms with Crippen molar-refractivity contribution in [1.82, 2.24) is 0 Å². The predicted octanol–water partition coefficient (Wildman–Crippen LogP) is 12.6. The Balaban J connectivity index is 1.08. The zero-order valence-corrected chi connectivity index (χ0v) is 25.5. The van der Waals surface area contributed by atoms with Crippen LogP contribution in [0, 0.1) is 0 Å². The Bertz CT molecular complexity index is 2780. The van der Waals surface area contributed by atoms with E-state index in [2.05, 4.69) is 152 Å². The number of fused-ring (bicyclic) bond motifs is 10. The normalized spacial score (nSPS) is 12.6. The van der Waals surface area contributed by atoms with Crippen molar-refractivity contribution in [2.45, 2.75) is 5.92 Å². The fourth-order valence-corrected chi connectivity index (χ4v) is 7.51. The molecule has 0 aliphatic heterocycles. The molecule has 0 saturated carbocycles. The summed E-state index contributed by atoms with van der Waals surface area (Å²) >= 11 is 0. The van der Waals surface area contributed by atoms with Crippen molar-refractivity contribution in [2.75, 3.05) is 0 Å². The summed E-state index contributed by atoms with van der Waals surface area (Å²) in [6.07, 6.45) is 0. The second kappa shape index (κ2) is 10.2. The van der Waals surface area contributed by atoms with Gasteiger partial charge in [-0.25, -0.2) is 0 Å². The van der Waals surface area contributed by atoms with E-state index in [9.17, 15) is 0 Å². The smallest absolute Gasteiger partial charge is 0.143 e. The summed E-state index contributed by atoms with van der Waals surface area (Å²) in [6.45, 7) is 0. The van der Waals surface area contributed by atoms with E-state index in [0.29, 0.717) is 0 Å². The molecule has 0 bridgehead atoms. The third-order valence-electron chi connectivity index (χ3n) is 9.79. The highest BCUT2D eigenvalue weighted by Gasteiger charge is 2.20. The molecule has 0 N–H and O–H groups in total. The number of hydrogen-bond donors (Lipinski definition) is 0. The lowest BCUT2D eigenvalue weighted by atomic mass is 9.84. The van der Waals surface area contributed by atoms with Crippen molar-refractivity contribution < 1.29 is 8.83 Å². The Hall–Kier alpha value is -6.12. The van der Waals surface area contributed by atoms with E-state index >= 15 is 0 Å². The Morgan fingerprint density at radius 2 is 1.00 bits per heavy atom. The van der Waals surface area contributed by atoms with Crippen molar-refractivity contribution in [3.05, 3.63) is 180 Å². The summed E-state index contributed by atoms with van der Waals surface area (Å²) in [5.41, 5.74) is 9.79. The largest absolute Gasteiger partial charge is 0.456 e. The molecule has 10 rings (SSSR count). The third-order valence-corrected chi connectivity index (χ3v) is 9.79. The van der Waals surface area contributed by atoms with Crippen LogP contribution in [0.1, 0.15) is 22.6 Å². The van der Waals surface area contributed by atoms with E-state index in [1.54, 1.807) is 0 Å². The third kappa shape index (κ3) is 4.12. The maximum absolute atomic E-state index is 6.59. The standard InChI is InChI=1S/C45H28O2/c1-2-9-31(10-3-1)43(34-21-23-36-37-24-20-29-8-4-5-11-35(29)45(37)47-42(36)27-34)32-17-14-28(15-18-32)33-19-16-30-22-25-41-44(39(30)26-33)38-12-6-7-13-40(38)46-41/h1-27,43H. The van der Waals surface area contributed by atoms with Crippen LogP contribution in [-0.2, 0) is 0 Å². The minimum Gasteiger partial charge on any atom is -0.456 e. The highest BCUT2D eigenvalue weighted by atomic mass is 16.3. The van der Waals surface area contributed by atoms with Gasteiger partial charge in [-0.05, 0) is 74.3 Å². The predicted molar refractivity (Wildman–Crippen MR) is 195 cm³/mol. The van der Waals surface area contributed by atoms with Gasteiger partial charge in [0, 0.05) is 32.8 Å². The van der Waals surface area contributed by atoms with Crippen molar-refractivity contribution >= 4 is 65.4 Å². The monoisotopic (exact) mass is 600 g/mol. The zero-order chi connectivity index (χ0) is 30.9. The highest BCUT2D eigenvalue weighted by Crippen LogP contribution is 2.40. The summed E-state index contributed by atoms with van der Waals surface area (Å²) in [6, 6.07) is 58.7. The topological polar surface area (TPSA) is 26.3 Å². The van der Waals surface area contributed by atoms with E-state index in [4.69, 9.17) is 8.83 Å². The summed E-state index contributed by atoms with van der Waals surface area (Å²) in [7, 11) is 0. The molecular formula is C45H28O2. The fraction of sp³-hybridized carbons (Fsp3) is 0.0222. The van der Waals surface area contributed by atoms with Crippen LogP contribution in [0.25, 0.3) is 76.5 Å². The quantitative estimate of drug-likeness (QED) is 0.188. The average Bonchev–Trinajstić information content (AvgIpc) is 3.71. The van der Waals surface area contributed by atoms with Crippen LogP contribution in [0.5, 0.6) is 0 Å². The van der Waals surface area contributed by atoms with Gasteiger partial charge in [0.1, 0.15) is 22.3 Å². The second-order valence-corrected chi connectivity index (χ2v) is 12.5. The Kier molecular flexibility index (Phi) is 5.67. The molecule has 0 saturated heterocycles. The molecule has 8 aromatic carbocycles. The molecule has 220 valence electrons. The molecule has 1 unspecified atom stereocenters. The van der Waals surface area contributed by atoms with Gasteiger partial charge in [-0.1, -0.05) is 133 Å². The Morgan fingerprint density at radius 1 is 0.340 bits per heavy atom. The van der Waals surface area contributed by atoms with Crippen LogP contribution < -0.4 is 0 Å². The molecule has 0 aliphatic rings. The van der Waals surface area contributed by atoms with E-state index in [1.165, 1.54) is 49.4 Å². The van der Waals surface area contributed by atoms with E-state index < -0.39 is 0 Å². The van der Waals surface area contributed by atoms with Gasteiger partial charge in [-0.3, -0.25) is 0 Å². The first-order valence-corrected chi connectivity index (χ1v) is 16.1. The van der Waals surface area contributed by atoms with Crippen LogP contribution >= 0.6 is 0 Å². The van der Waals surface area contributed by atoms with Gasteiger partial charge < -0.3 is 8.83 Å². The van der Waals surface area contributed by atoms with Crippen LogP contribution in [0.3, 0.4) is 0 Å². The van der Waals surface area contributed by atoms with Crippen LogP contribution in [0.2, 0.25) is 0 Å². The molecule has 2 aromatic heterocycles. The molecule has 2 nitrogen and oxygen atoms in total. The number of benzene rings is 8. The van der Waals surface area contributed by atoms with Crippen molar-refractivity contribution in [1.29, 1.82) is 0 Å². The van der Waals surface area contributed by atoms with Crippen LogP contribution in [-0.4, -0.2) is 0 Å². The van der Waals surface area contributed by atoms with Gasteiger partial charge in [0.15, 0.2) is 0 Å². The van der Waals surface area contributed by atoms with Crippen molar-refractivity contribution in [2.24, 2.45) is 0 Å². The first-order valence-electron chi connectivity index (χ1n) is 16.1. The van der Waals surface area contributed by atoms with E-state index in [0.717, 1.165) is 43.9 Å². The summed E-state index contributed by atoms with van der Waals surface area (Å²) in [5.74, 6) is 0.0631. The Labute approximate surface area is 271 Å². The van der Waals surface area contributed by atoms with E-state index in [1.807, 2.05) is 12.1 Å². The minimum atomic E-state index is 0.0631. The summed E-state index contributed by atoms with van der Waals surface area (Å²) in [4.78, 5) is 0. The Morgan fingerprint density at radius 3 is 1.89 bits per heavy atom. The fourth-order valence-electron chi connectivity index (χ4n) is 7.51. The van der Waals surface area contributed by atoms with Gasteiger partial charge in [0.05, 0.1) is 0 Å². The van der Waals surface area contributed by atoms with Gasteiger partial charge in [0.25, 0.3) is 0 Å². The van der Waals surface area contributed by atoms with Crippen molar-refractivity contribution in [3.8, 4) is 11.1 Å². The minimum absolute atomic E-state index is 0.0631. The molecule has 0 fully saturated rings. The number of furan rings is 2. The molecule has 0 aliphatic carbocycles.